The van der Waals surface area contributed by atoms with Crippen molar-refractivity contribution >= 4 is 23.1 Å². The number of para-hydroxylation sites is 1. The standard InChI is InChI=1S/C12H16N2O3S/c13-10(18)6-1-2-7-14-12(17)8-4-3-5-9(15)11(8)16/h3-5,15-16H,1-2,6-7H2,(H2,13,18)(H,14,17). The smallest absolute Gasteiger partial charge is 0.255 e. The molecule has 0 saturated heterocycles. The molecule has 18 heavy (non-hydrogen) atoms. The van der Waals surface area contributed by atoms with E-state index < -0.39 is 11.7 Å². The van der Waals surface area contributed by atoms with Gasteiger partial charge in [0.05, 0.1) is 10.6 Å². The van der Waals surface area contributed by atoms with Gasteiger partial charge in [-0.25, -0.2) is 0 Å². The molecule has 1 aromatic rings. The highest BCUT2D eigenvalue weighted by molar-refractivity contribution is 7.80. The molecule has 0 heterocycles. The van der Waals surface area contributed by atoms with Crippen LogP contribution in [0.4, 0.5) is 0 Å². The van der Waals surface area contributed by atoms with Crippen molar-refractivity contribution in [3.05, 3.63) is 23.8 Å². The molecule has 0 aliphatic heterocycles. The summed E-state index contributed by atoms with van der Waals surface area (Å²) in [5.74, 6) is -1.13. The molecule has 0 aromatic heterocycles. The number of amides is 1. The van der Waals surface area contributed by atoms with Crippen molar-refractivity contribution in [1.29, 1.82) is 0 Å². The lowest BCUT2D eigenvalue weighted by molar-refractivity contribution is 0.0949. The zero-order valence-electron chi connectivity index (χ0n) is 9.85. The molecule has 0 aliphatic rings. The van der Waals surface area contributed by atoms with E-state index >= 15 is 0 Å². The lowest BCUT2D eigenvalue weighted by atomic mass is 10.1. The fourth-order valence-corrected chi connectivity index (χ4v) is 1.58. The number of nitrogens with two attached hydrogens (primary N) is 1. The first kappa shape index (κ1) is 14.2. The molecule has 1 amide bonds. The average Bonchev–Trinajstić information content (AvgIpc) is 2.31. The van der Waals surface area contributed by atoms with Gasteiger partial charge in [0.25, 0.3) is 5.91 Å². The SMILES string of the molecule is NC(=S)CCCCNC(=O)c1cccc(O)c1O. The molecule has 0 aliphatic carbocycles. The topological polar surface area (TPSA) is 95.6 Å². The fourth-order valence-electron chi connectivity index (χ4n) is 1.44. The first-order chi connectivity index (χ1) is 8.52. The van der Waals surface area contributed by atoms with Gasteiger partial charge in [0, 0.05) is 6.54 Å². The summed E-state index contributed by atoms with van der Waals surface area (Å²) in [7, 11) is 0. The third-order valence-electron chi connectivity index (χ3n) is 2.39. The highest BCUT2D eigenvalue weighted by Crippen LogP contribution is 2.27. The molecule has 5 N–H and O–H groups in total. The molecule has 6 heteroatoms. The van der Waals surface area contributed by atoms with Gasteiger partial charge in [-0.15, -0.1) is 0 Å². The molecule has 0 radical (unpaired) electrons. The third-order valence-corrected chi connectivity index (χ3v) is 2.60. The Balaban J connectivity index is 2.41. The minimum atomic E-state index is -0.418. The minimum absolute atomic E-state index is 0.0596. The van der Waals surface area contributed by atoms with Gasteiger partial charge in [0.1, 0.15) is 0 Å². The second-order valence-electron chi connectivity index (χ2n) is 3.85. The monoisotopic (exact) mass is 268 g/mol. The van der Waals surface area contributed by atoms with Crippen molar-refractivity contribution in [2.24, 2.45) is 5.73 Å². The summed E-state index contributed by atoms with van der Waals surface area (Å²) in [5, 5.41) is 21.4. The average molecular weight is 268 g/mol. The normalized spacial score (nSPS) is 10.0. The van der Waals surface area contributed by atoms with Crippen LogP contribution in [0.15, 0.2) is 18.2 Å². The number of hydrogen-bond donors (Lipinski definition) is 4. The molecule has 1 rings (SSSR count). The largest absolute Gasteiger partial charge is 0.504 e. The van der Waals surface area contributed by atoms with Crippen LogP contribution >= 0.6 is 12.2 Å². The van der Waals surface area contributed by atoms with Crippen LogP contribution < -0.4 is 11.1 Å². The quantitative estimate of drug-likeness (QED) is 0.354. The van der Waals surface area contributed by atoms with Gasteiger partial charge in [0.15, 0.2) is 11.5 Å². The Morgan fingerprint density at radius 3 is 2.72 bits per heavy atom. The van der Waals surface area contributed by atoms with Gasteiger partial charge in [-0.3, -0.25) is 4.79 Å². The van der Waals surface area contributed by atoms with E-state index in [1.165, 1.54) is 18.2 Å². The van der Waals surface area contributed by atoms with Crippen LogP contribution in [-0.4, -0.2) is 27.7 Å². The van der Waals surface area contributed by atoms with E-state index in [9.17, 15) is 15.0 Å². The van der Waals surface area contributed by atoms with E-state index in [4.69, 9.17) is 18.0 Å². The Labute approximate surface area is 111 Å². The molecule has 5 nitrogen and oxygen atoms in total. The van der Waals surface area contributed by atoms with Gasteiger partial charge < -0.3 is 21.3 Å². The number of thiocarbonyl (C=S) groups is 1. The maximum Gasteiger partial charge on any atom is 0.255 e. The first-order valence-corrected chi connectivity index (χ1v) is 6.00. The maximum absolute atomic E-state index is 11.7. The van der Waals surface area contributed by atoms with Crippen molar-refractivity contribution in [1.82, 2.24) is 5.32 Å². The van der Waals surface area contributed by atoms with Crippen LogP contribution in [0, 0.1) is 0 Å². The van der Waals surface area contributed by atoms with Crippen LogP contribution in [0.1, 0.15) is 29.6 Å². The second-order valence-corrected chi connectivity index (χ2v) is 4.38. The number of aromatic hydroxyl groups is 2. The molecule has 0 spiro atoms. The third kappa shape index (κ3) is 4.21. The van der Waals surface area contributed by atoms with Gasteiger partial charge in [0.2, 0.25) is 0 Å². The van der Waals surface area contributed by atoms with Crippen molar-refractivity contribution < 1.29 is 15.0 Å². The number of nitrogens with one attached hydrogen (secondary N) is 1. The van der Waals surface area contributed by atoms with Gasteiger partial charge in [-0.05, 0) is 31.4 Å². The number of unbranched alkanes of at least 4 members (excludes halogenated alkanes) is 1. The zero-order chi connectivity index (χ0) is 13.5. The van der Waals surface area contributed by atoms with E-state index in [1.54, 1.807) is 0 Å². The van der Waals surface area contributed by atoms with E-state index in [0.717, 1.165) is 12.8 Å². The Morgan fingerprint density at radius 2 is 2.06 bits per heavy atom. The van der Waals surface area contributed by atoms with Crippen LogP contribution in [0.25, 0.3) is 0 Å². The van der Waals surface area contributed by atoms with Crippen molar-refractivity contribution in [3.63, 3.8) is 0 Å². The molecule has 1 aromatic carbocycles. The summed E-state index contributed by atoms with van der Waals surface area (Å²) in [6.45, 7) is 0.469. The predicted octanol–water partition coefficient (Wildman–Crippen LogP) is 1.28. The number of phenolic OH excluding ortho intramolecular Hbond substituents is 2. The van der Waals surface area contributed by atoms with Crippen LogP contribution in [0.2, 0.25) is 0 Å². The van der Waals surface area contributed by atoms with Crippen molar-refractivity contribution in [2.45, 2.75) is 19.3 Å². The Morgan fingerprint density at radius 1 is 1.33 bits per heavy atom. The highest BCUT2D eigenvalue weighted by Gasteiger charge is 2.12. The van der Waals surface area contributed by atoms with Crippen LogP contribution in [0.3, 0.4) is 0 Å². The zero-order valence-corrected chi connectivity index (χ0v) is 10.7. The number of carbonyl (C=O) groups is 1. The summed E-state index contributed by atoms with van der Waals surface area (Å²) in [6, 6.07) is 4.25. The Hall–Kier alpha value is -1.82. The van der Waals surface area contributed by atoms with Crippen LogP contribution in [-0.2, 0) is 0 Å². The summed E-state index contributed by atoms with van der Waals surface area (Å²) >= 11 is 4.73. The summed E-state index contributed by atoms with van der Waals surface area (Å²) in [4.78, 5) is 12.1. The molecule has 98 valence electrons. The first-order valence-electron chi connectivity index (χ1n) is 5.60. The molecular formula is C12H16N2O3S. The predicted molar refractivity (Wildman–Crippen MR) is 72.7 cm³/mol. The summed E-state index contributed by atoms with van der Waals surface area (Å²) in [5.41, 5.74) is 5.40. The van der Waals surface area contributed by atoms with Gasteiger partial charge in [-0.2, -0.15) is 0 Å². The van der Waals surface area contributed by atoms with E-state index in [-0.39, 0.29) is 11.3 Å². The summed E-state index contributed by atoms with van der Waals surface area (Å²) < 4.78 is 0. The fraction of sp³-hybridized carbons (Fsp3) is 0.333. The molecular weight excluding hydrogens is 252 g/mol. The van der Waals surface area contributed by atoms with E-state index in [0.29, 0.717) is 18.0 Å². The van der Waals surface area contributed by atoms with Crippen LogP contribution in [0.5, 0.6) is 11.5 Å². The molecule has 0 fully saturated rings. The lowest BCUT2D eigenvalue weighted by Gasteiger charge is -2.07. The molecule has 0 saturated carbocycles. The van der Waals surface area contributed by atoms with Gasteiger partial charge in [-0.1, -0.05) is 18.3 Å². The van der Waals surface area contributed by atoms with Crippen molar-refractivity contribution in [3.8, 4) is 11.5 Å². The number of phenols is 2. The minimum Gasteiger partial charge on any atom is -0.504 e. The number of carbonyl (C=O) groups excluding carboxylic acids is 1. The Kier molecular flexibility index (Phi) is 5.38. The summed E-state index contributed by atoms with van der Waals surface area (Å²) in [6.07, 6.45) is 2.22. The molecule has 0 bridgehead atoms. The van der Waals surface area contributed by atoms with E-state index in [2.05, 4.69) is 5.32 Å². The number of benzene rings is 1. The highest BCUT2D eigenvalue weighted by atomic mass is 32.1. The molecule has 0 unspecified atom stereocenters. The number of hydrogen-bond acceptors (Lipinski definition) is 4. The maximum atomic E-state index is 11.7. The van der Waals surface area contributed by atoms with Crippen molar-refractivity contribution in [2.75, 3.05) is 6.54 Å². The second kappa shape index (κ2) is 6.80. The Bertz CT molecular complexity index is 449. The molecule has 0 atom stereocenters. The van der Waals surface area contributed by atoms with E-state index in [1.807, 2.05) is 0 Å². The lowest BCUT2D eigenvalue weighted by Crippen LogP contribution is -2.24. The van der Waals surface area contributed by atoms with Gasteiger partial charge >= 0.3 is 0 Å². The number of rotatable bonds is 6.